The number of phenolic OH excluding ortho intramolecular Hbond substituents is 1. The van der Waals surface area contributed by atoms with Crippen LogP contribution in [0.2, 0.25) is 0 Å². The molecule has 0 aliphatic heterocycles. The number of nitrogens with zero attached hydrogens (tertiary/aromatic N) is 1. The number of hydrogen-bond donors (Lipinski definition) is 1. The van der Waals surface area contributed by atoms with Crippen molar-refractivity contribution in [3.05, 3.63) is 28.8 Å². The first-order valence-electron chi connectivity index (χ1n) is 5.83. The van der Waals surface area contributed by atoms with E-state index in [0.717, 1.165) is 19.4 Å². The molecule has 0 spiro atoms. The number of fused-ring (bicyclic) bond motifs is 3. The number of benzene rings is 1. The molecular weight excluding hydrogens is 198 g/mol. The van der Waals surface area contributed by atoms with E-state index < -0.39 is 0 Å². The van der Waals surface area contributed by atoms with Gasteiger partial charge in [0, 0.05) is 28.0 Å². The lowest BCUT2D eigenvalue weighted by atomic mass is 10.1. The van der Waals surface area contributed by atoms with Gasteiger partial charge in [0.15, 0.2) is 0 Å². The Balaban J connectivity index is 2.58. The van der Waals surface area contributed by atoms with E-state index in [1.807, 2.05) is 12.1 Å². The van der Waals surface area contributed by atoms with Crippen molar-refractivity contribution in [3.63, 3.8) is 0 Å². The highest BCUT2D eigenvalue weighted by Gasteiger charge is 2.08. The molecule has 82 valence electrons. The third-order valence-corrected chi connectivity index (χ3v) is 3.30. The van der Waals surface area contributed by atoms with Crippen molar-refractivity contribution in [2.45, 2.75) is 26.3 Å². The van der Waals surface area contributed by atoms with E-state index in [-0.39, 0.29) is 0 Å². The van der Waals surface area contributed by atoms with Crippen LogP contribution in [-0.2, 0) is 6.54 Å². The summed E-state index contributed by atoms with van der Waals surface area (Å²) in [5, 5.41) is 13.4. The summed E-state index contributed by atoms with van der Waals surface area (Å²) in [6.45, 7) is 3.13. The van der Waals surface area contributed by atoms with E-state index in [1.165, 1.54) is 21.5 Å². The maximum absolute atomic E-state index is 9.58. The fourth-order valence-corrected chi connectivity index (χ4v) is 2.61. The van der Waals surface area contributed by atoms with Crippen LogP contribution >= 0.6 is 0 Å². The minimum Gasteiger partial charge on any atom is -0.508 e. The van der Waals surface area contributed by atoms with E-state index in [2.05, 4.69) is 23.6 Å². The average molecular weight is 213 g/mol. The fraction of sp³-hybridized carbons (Fsp3) is 0.286. The van der Waals surface area contributed by atoms with Crippen LogP contribution in [0.3, 0.4) is 0 Å². The molecule has 0 atom stereocenters. The van der Waals surface area contributed by atoms with Gasteiger partial charge in [-0.2, -0.15) is 0 Å². The predicted octanol–water partition coefficient (Wildman–Crippen LogP) is 1.72. The van der Waals surface area contributed by atoms with Crippen LogP contribution < -0.4 is 10.6 Å². The fourth-order valence-electron chi connectivity index (χ4n) is 2.61. The van der Waals surface area contributed by atoms with E-state index in [0.29, 0.717) is 5.75 Å². The molecule has 3 rings (SSSR count). The van der Waals surface area contributed by atoms with Crippen LogP contribution in [0.1, 0.15) is 19.8 Å². The molecule has 0 saturated carbocycles. The van der Waals surface area contributed by atoms with Gasteiger partial charge in [-0.25, -0.2) is 0 Å². The Labute approximate surface area is 94.1 Å². The normalized spacial score (nSPS) is 14.3. The van der Waals surface area contributed by atoms with Crippen LogP contribution in [0, 0.1) is 0 Å². The molecule has 0 saturated heterocycles. The molecule has 1 N–H and O–H groups in total. The van der Waals surface area contributed by atoms with Gasteiger partial charge >= 0.3 is 0 Å². The maximum Gasteiger partial charge on any atom is 0.116 e. The number of hydrogen-bond acceptors (Lipinski definition) is 1. The van der Waals surface area contributed by atoms with E-state index >= 15 is 0 Å². The first-order chi connectivity index (χ1) is 7.81. The third kappa shape index (κ3) is 1.19. The minimum absolute atomic E-state index is 0.350. The smallest absolute Gasteiger partial charge is 0.116 e. The monoisotopic (exact) mass is 213 g/mol. The Morgan fingerprint density at radius 1 is 1.25 bits per heavy atom. The number of phenols is 1. The molecular formula is C14H15NO. The molecule has 0 fully saturated rings. The molecule has 0 radical (unpaired) electrons. The Morgan fingerprint density at radius 3 is 2.88 bits per heavy atom. The van der Waals surface area contributed by atoms with Crippen molar-refractivity contribution in [2.75, 3.05) is 0 Å². The van der Waals surface area contributed by atoms with E-state index in [9.17, 15) is 5.11 Å². The first-order valence-corrected chi connectivity index (χ1v) is 5.83. The zero-order chi connectivity index (χ0) is 11.1. The van der Waals surface area contributed by atoms with Crippen molar-refractivity contribution in [1.29, 1.82) is 0 Å². The zero-order valence-electron chi connectivity index (χ0n) is 9.40. The molecule has 16 heavy (non-hydrogen) atoms. The van der Waals surface area contributed by atoms with Crippen LogP contribution in [0.15, 0.2) is 18.2 Å². The molecule has 1 aromatic carbocycles. The lowest BCUT2D eigenvalue weighted by Gasteiger charge is -2.02. The number of rotatable bonds is 1. The van der Waals surface area contributed by atoms with Gasteiger partial charge in [-0.15, -0.1) is 0 Å². The molecule has 2 nitrogen and oxygen atoms in total. The third-order valence-electron chi connectivity index (χ3n) is 3.30. The SMILES string of the molecule is CCn1c2c(c3cc(O)ccc31)=CCCC=2. The van der Waals surface area contributed by atoms with Crippen molar-refractivity contribution in [1.82, 2.24) is 4.57 Å². The number of aromatic hydroxyl groups is 1. The van der Waals surface area contributed by atoms with Gasteiger partial charge in [0.05, 0.1) is 0 Å². The summed E-state index contributed by atoms with van der Waals surface area (Å²) in [7, 11) is 0. The molecule has 0 bridgehead atoms. The van der Waals surface area contributed by atoms with Gasteiger partial charge in [0.25, 0.3) is 0 Å². The van der Waals surface area contributed by atoms with Gasteiger partial charge in [-0.1, -0.05) is 12.2 Å². The summed E-state index contributed by atoms with van der Waals surface area (Å²) in [6, 6.07) is 5.64. The lowest BCUT2D eigenvalue weighted by molar-refractivity contribution is 0.476. The highest BCUT2D eigenvalue weighted by molar-refractivity contribution is 5.83. The van der Waals surface area contributed by atoms with Crippen molar-refractivity contribution in [3.8, 4) is 5.75 Å². The summed E-state index contributed by atoms with van der Waals surface area (Å²) < 4.78 is 2.32. The summed E-state index contributed by atoms with van der Waals surface area (Å²) in [6.07, 6.45) is 6.81. The predicted molar refractivity (Wildman–Crippen MR) is 66.7 cm³/mol. The van der Waals surface area contributed by atoms with Crippen molar-refractivity contribution >= 4 is 23.1 Å². The maximum atomic E-state index is 9.58. The molecule has 2 aromatic rings. The molecule has 1 heterocycles. The van der Waals surface area contributed by atoms with Gasteiger partial charge in [0.1, 0.15) is 5.75 Å². The first kappa shape index (κ1) is 9.52. The minimum atomic E-state index is 0.350. The van der Waals surface area contributed by atoms with E-state index in [4.69, 9.17) is 0 Å². The van der Waals surface area contributed by atoms with Gasteiger partial charge in [0.2, 0.25) is 0 Å². The molecule has 0 amide bonds. The highest BCUT2D eigenvalue weighted by Crippen LogP contribution is 2.17. The molecule has 0 unspecified atom stereocenters. The van der Waals surface area contributed by atoms with Crippen LogP contribution in [0.5, 0.6) is 5.75 Å². The second-order valence-electron chi connectivity index (χ2n) is 4.23. The zero-order valence-corrected chi connectivity index (χ0v) is 9.40. The Morgan fingerprint density at radius 2 is 2.06 bits per heavy atom. The van der Waals surface area contributed by atoms with Crippen molar-refractivity contribution < 1.29 is 5.11 Å². The highest BCUT2D eigenvalue weighted by atomic mass is 16.3. The Bertz CT molecular complexity index is 664. The topological polar surface area (TPSA) is 25.2 Å². The average Bonchev–Trinajstić information content (AvgIpc) is 2.62. The standard InChI is InChI=1S/C14H15NO/c1-2-15-13-6-4-3-5-11(13)12-9-10(16)7-8-14(12)15/h5-9,16H,2-4H2,1H3. The number of aromatic nitrogens is 1. The second kappa shape index (κ2) is 3.41. The summed E-state index contributed by atoms with van der Waals surface area (Å²) in [5.41, 5.74) is 1.22. The second-order valence-corrected chi connectivity index (χ2v) is 4.23. The summed E-state index contributed by atoms with van der Waals surface area (Å²) in [4.78, 5) is 0. The van der Waals surface area contributed by atoms with Crippen LogP contribution in [0.4, 0.5) is 0 Å². The number of aryl methyl sites for hydroxylation is 1. The summed E-state index contributed by atoms with van der Waals surface area (Å²) >= 11 is 0. The quantitative estimate of drug-likeness (QED) is 0.766. The molecule has 1 aromatic heterocycles. The van der Waals surface area contributed by atoms with E-state index in [1.54, 1.807) is 6.07 Å². The molecule has 2 heteroatoms. The van der Waals surface area contributed by atoms with Crippen LogP contribution in [0.25, 0.3) is 23.1 Å². The largest absolute Gasteiger partial charge is 0.508 e. The molecule has 1 aliphatic rings. The molecule has 1 aliphatic carbocycles. The van der Waals surface area contributed by atoms with Crippen LogP contribution in [-0.4, -0.2) is 9.67 Å². The van der Waals surface area contributed by atoms with Crippen molar-refractivity contribution in [2.24, 2.45) is 0 Å². The summed E-state index contributed by atoms with van der Waals surface area (Å²) in [5.74, 6) is 0.350. The van der Waals surface area contributed by atoms with Gasteiger partial charge < -0.3 is 9.67 Å². The van der Waals surface area contributed by atoms with Gasteiger partial charge in [-0.05, 0) is 38.0 Å². The lowest BCUT2D eigenvalue weighted by Crippen LogP contribution is -2.30. The Hall–Kier alpha value is -1.70. The van der Waals surface area contributed by atoms with Gasteiger partial charge in [-0.3, -0.25) is 0 Å². The Kier molecular flexibility index (Phi) is 2.03.